The van der Waals surface area contributed by atoms with Crippen molar-refractivity contribution >= 4 is 39.2 Å². The van der Waals surface area contributed by atoms with Gasteiger partial charge in [-0.05, 0) is 53.5 Å². The van der Waals surface area contributed by atoms with E-state index in [1.807, 2.05) is 0 Å². The van der Waals surface area contributed by atoms with Crippen LogP contribution in [0.3, 0.4) is 0 Å². The number of halogens is 2. The van der Waals surface area contributed by atoms with Crippen LogP contribution in [0.4, 0.5) is 4.39 Å². The zero-order chi connectivity index (χ0) is 12.7. The molecule has 0 saturated heterocycles. The van der Waals surface area contributed by atoms with Crippen LogP contribution < -0.4 is 0 Å². The number of H-pyrrole nitrogens is 1. The molecule has 18 heavy (non-hydrogen) atoms. The van der Waals surface area contributed by atoms with Crippen molar-refractivity contribution in [2.45, 2.75) is 25.3 Å². The molecular weight excluding hydrogens is 315 g/mol. The van der Waals surface area contributed by atoms with Crippen LogP contribution in [0.5, 0.6) is 0 Å². The van der Waals surface area contributed by atoms with Gasteiger partial charge in [-0.25, -0.2) is 4.39 Å². The Balaban J connectivity index is 2.22. The largest absolute Gasteiger partial charge is 0.330 e. The predicted octanol–water partition coefficient (Wildman–Crippen LogP) is 4.88. The van der Waals surface area contributed by atoms with E-state index in [4.69, 9.17) is 12.2 Å². The van der Waals surface area contributed by atoms with E-state index in [0.29, 0.717) is 15.3 Å². The van der Waals surface area contributed by atoms with Crippen molar-refractivity contribution in [2.75, 3.05) is 0 Å². The summed E-state index contributed by atoms with van der Waals surface area (Å²) >= 11 is 8.60. The third kappa shape index (κ3) is 1.95. The molecule has 0 aliphatic heterocycles. The van der Waals surface area contributed by atoms with Gasteiger partial charge in [-0.3, -0.25) is 0 Å². The summed E-state index contributed by atoms with van der Waals surface area (Å²) in [6, 6.07) is 3.66. The third-order valence-corrected chi connectivity index (χ3v) is 4.27. The van der Waals surface area contributed by atoms with Gasteiger partial charge in [0.25, 0.3) is 0 Å². The van der Waals surface area contributed by atoms with E-state index in [9.17, 15) is 4.39 Å². The number of nitrogens with one attached hydrogen (secondary N) is 1. The van der Waals surface area contributed by atoms with E-state index in [2.05, 4.69) is 37.6 Å². The van der Waals surface area contributed by atoms with Crippen LogP contribution in [0.2, 0.25) is 0 Å². The summed E-state index contributed by atoms with van der Waals surface area (Å²) in [7, 11) is 0. The summed E-state index contributed by atoms with van der Waals surface area (Å²) < 4.78 is 16.8. The second-order valence-electron chi connectivity index (χ2n) is 4.52. The molecule has 1 aliphatic rings. The molecule has 3 rings (SSSR count). The van der Waals surface area contributed by atoms with Gasteiger partial charge in [0.2, 0.25) is 0 Å². The number of nitrogens with zero attached hydrogens (tertiary/aromatic N) is 1. The average molecular weight is 327 g/mol. The molecule has 5 heteroatoms. The van der Waals surface area contributed by atoms with Crippen LogP contribution in [-0.4, -0.2) is 9.55 Å². The molecule has 0 fully saturated rings. The maximum absolute atomic E-state index is 13.5. The van der Waals surface area contributed by atoms with Crippen molar-refractivity contribution in [2.24, 2.45) is 0 Å². The van der Waals surface area contributed by atoms with Gasteiger partial charge in [0.15, 0.2) is 4.77 Å². The fourth-order valence-corrected chi connectivity index (χ4v) is 3.18. The van der Waals surface area contributed by atoms with E-state index in [1.165, 1.54) is 6.07 Å². The number of rotatable bonds is 1. The zero-order valence-electron chi connectivity index (χ0n) is 9.62. The topological polar surface area (TPSA) is 20.7 Å². The van der Waals surface area contributed by atoms with Gasteiger partial charge in [-0.15, -0.1) is 0 Å². The highest BCUT2D eigenvalue weighted by Gasteiger charge is 2.17. The van der Waals surface area contributed by atoms with Gasteiger partial charge < -0.3 is 9.55 Å². The molecular formula is C13H12BrFN2S. The molecule has 0 spiro atoms. The zero-order valence-corrected chi connectivity index (χ0v) is 12.0. The Kier molecular flexibility index (Phi) is 3.11. The molecule has 1 aromatic carbocycles. The van der Waals surface area contributed by atoms with Crippen molar-refractivity contribution in [3.63, 3.8) is 0 Å². The molecule has 94 valence electrons. The first-order chi connectivity index (χ1) is 8.66. The summed E-state index contributed by atoms with van der Waals surface area (Å²) in [5, 5.41) is 0. The van der Waals surface area contributed by atoms with Crippen LogP contribution in [0.25, 0.3) is 11.0 Å². The predicted molar refractivity (Wildman–Crippen MR) is 76.8 cm³/mol. The Morgan fingerprint density at radius 3 is 2.94 bits per heavy atom. The van der Waals surface area contributed by atoms with Crippen molar-refractivity contribution < 1.29 is 4.39 Å². The van der Waals surface area contributed by atoms with Crippen molar-refractivity contribution in [1.82, 2.24) is 9.55 Å². The molecule has 0 radical (unpaired) electrons. The third-order valence-electron chi connectivity index (χ3n) is 3.37. The highest BCUT2D eigenvalue weighted by atomic mass is 79.9. The number of aromatic nitrogens is 2. The summed E-state index contributed by atoms with van der Waals surface area (Å²) in [6.07, 6.45) is 7.52. The van der Waals surface area contributed by atoms with Crippen molar-refractivity contribution in [1.29, 1.82) is 0 Å². The molecule has 1 atom stereocenters. The van der Waals surface area contributed by atoms with Crippen molar-refractivity contribution in [3.05, 3.63) is 39.3 Å². The maximum atomic E-state index is 13.5. The van der Waals surface area contributed by atoms with Crippen LogP contribution in [0.15, 0.2) is 28.8 Å². The highest BCUT2D eigenvalue weighted by molar-refractivity contribution is 9.10. The minimum absolute atomic E-state index is 0.269. The van der Waals surface area contributed by atoms with Gasteiger partial charge in [0.1, 0.15) is 5.82 Å². The fourth-order valence-electron chi connectivity index (χ4n) is 2.50. The van der Waals surface area contributed by atoms with Gasteiger partial charge >= 0.3 is 0 Å². The Labute approximate surface area is 118 Å². The molecule has 1 unspecified atom stereocenters. The number of allylic oxidation sites excluding steroid dienone is 2. The SMILES string of the molecule is Fc1cc2[nH]c(=S)n(C3CC=CCC3)c2cc1Br. The van der Waals surface area contributed by atoms with E-state index in [1.54, 1.807) is 6.07 Å². The molecule has 1 N–H and O–H groups in total. The van der Waals surface area contributed by atoms with Gasteiger partial charge in [-0.1, -0.05) is 12.2 Å². The maximum Gasteiger partial charge on any atom is 0.178 e. The summed E-state index contributed by atoms with van der Waals surface area (Å²) in [5.74, 6) is -0.269. The van der Waals surface area contributed by atoms with Gasteiger partial charge in [0, 0.05) is 12.1 Å². The second-order valence-corrected chi connectivity index (χ2v) is 5.76. The van der Waals surface area contributed by atoms with Crippen LogP contribution in [-0.2, 0) is 0 Å². The Bertz CT molecular complexity index is 686. The van der Waals surface area contributed by atoms with Crippen molar-refractivity contribution in [3.8, 4) is 0 Å². The van der Waals surface area contributed by atoms with E-state index in [-0.39, 0.29) is 5.82 Å². The minimum Gasteiger partial charge on any atom is -0.330 e. The summed E-state index contributed by atoms with van der Waals surface area (Å²) in [6.45, 7) is 0. The number of aromatic amines is 1. The normalized spacial score (nSPS) is 19.6. The lowest BCUT2D eigenvalue weighted by Crippen LogP contribution is -2.10. The molecule has 2 aromatic rings. The number of benzene rings is 1. The monoisotopic (exact) mass is 326 g/mol. The standard InChI is InChI=1S/C13H12BrFN2S/c14-9-6-12-11(7-10(9)15)16-13(18)17(12)8-4-2-1-3-5-8/h1-2,6-8H,3-5H2,(H,16,18). The quantitative estimate of drug-likeness (QED) is 0.585. The lowest BCUT2D eigenvalue weighted by atomic mass is 10.0. The van der Waals surface area contributed by atoms with E-state index >= 15 is 0 Å². The number of hydrogen-bond acceptors (Lipinski definition) is 1. The smallest absolute Gasteiger partial charge is 0.178 e. The molecule has 0 amide bonds. The molecule has 0 bridgehead atoms. The summed E-state index contributed by atoms with van der Waals surface area (Å²) in [4.78, 5) is 3.09. The lowest BCUT2D eigenvalue weighted by molar-refractivity contribution is 0.467. The number of fused-ring (bicyclic) bond motifs is 1. The number of imidazole rings is 1. The average Bonchev–Trinajstić information content (AvgIpc) is 2.66. The first kappa shape index (κ1) is 12.1. The van der Waals surface area contributed by atoms with Gasteiger partial charge in [0.05, 0.1) is 15.5 Å². The van der Waals surface area contributed by atoms with Crippen LogP contribution in [0, 0.1) is 10.6 Å². The highest BCUT2D eigenvalue weighted by Crippen LogP contribution is 2.30. The van der Waals surface area contributed by atoms with E-state index < -0.39 is 0 Å². The first-order valence-electron chi connectivity index (χ1n) is 5.91. The van der Waals surface area contributed by atoms with E-state index in [0.717, 1.165) is 30.3 Å². The Morgan fingerprint density at radius 1 is 1.39 bits per heavy atom. The molecule has 0 saturated carbocycles. The van der Waals surface area contributed by atoms with Crippen LogP contribution in [0.1, 0.15) is 25.3 Å². The molecule has 1 aliphatic carbocycles. The Hall–Kier alpha value is -0.940. The fraction of sp³-hybridized carbons (Fsp3) is 0.308. The minimum atomic E-state index is -0.269. The number of hydrogen-bond donors (Lipinski definition) is 1. The first-order valence-corrected chi connectivity index (χ1v) is 7.11. The summed E-state index contributed by atoms with van der Waals surface area (Å²) in [5.41, 5.74) is 1.73. The Morgan fingerprint density at radius 2 is 2.22 bits per heavy atom. The molecule has 1 aromatic heterocycles. The molecule has 2 nitrogen and oxygen atoms in total. The molecule has 1 heterocycles. The lowest BCUT2D eigenvalue weighted by Gasteiger charge is -2.20. The second kappa shape index (κ2) is 4.63. The van der Waals surface area contributed by atoms with Gasteiger partial charge in [-0.2, -0.15) is 0 Å². The van der Waals surface area contributed by atoms with Crippen LogP contribution >= 0.6 is 28.1 Å².